The van der Waals surface area contributed by atoms with Crippen molar-refractivity contribution in [2.45, 2.75) is 6.36 Å². The zero-order valence-corrected chi connectivity index (χ0v) is 9.24. The van der Waals surface area contributed by atoms with Gasteiger partial charge >= 0.3 is 17.9 Å². The number of alkyl halides is 3. The first-order valence-electron chi connectivity index (χ1n) is 3.75. The van der Waals surface area contributed by atoms with Crippen LogP contribution in [0.2, 0.25) is 0 Å². The van der Waals surface area contributed by atoms with Gasteiger partial charge in [0.05, 0.1) is 4.92 Å². The predicted octanol–water partition coefficient (Wildman–Crippen LogP) is 2.52. The summed E-state index contributed by atoms with van der Waals surface area (Å²) in [7, 11) is 0. The van der Waals surface area contributed by atoms with Crippen LogP contribution in [0.1, 0.15) is 5.56 Å². The van der Waals surface area contributed by atoms with Crippen LogP contribution in [0.3, 0.4) is 0 Å². The Balaban J connectivity index is 3.42. The fourth-order valence-corrected chi connectivity index (χ4v) is 1.32. The van der Waals surface area contributed by atoms with Crippen molar-refractivity contribution in [1.82, 2.24) is 4.98 Å². The molecule has 0 aliphatic heterocycles. The molecule has 6 nitrogen and oxygen atoms in total. The molecule has 1 rings (SSSR count). The van der Waals surface area contributed by atoms with Crippen LogP contribution in [0.5, 0.6) is 5.88 Å². The summed E-state index contributed by atoms with van der Waals surface area (Å²) in [5, 5.41) is 19.1. The van der Waals surface area contributed by atoms with E-state index >= 15 is 0 Å². The maximum Gasteiger partial charge on any atom is 0.574 e. The normalized spacial score (nSPS) is 10.8. The number of nitro groups is 1. The molecule has 0 N–H and O–H groups in total. The highest BCUT2D eigenvalue weighted by Gasteiger charge is 2.37. The molecule has 0 aliphatic rings. The Morgan fingerprint density at radius 1 is 1.59 bits per heavy atom. The lowest BCUT2D eigenvalue weighted by Gasteiger charge is -2.08. The Hall–Kier alpha value is -1.89. The van der Waals surface area contributed by atoms with E-state index in [1.165, 1.54) is 6.07 Å². The molecule has 17 heavy (non-hydrogen) atoms. The number of nitriles is 1. The van der Waals surface area contributed by atoms with Crippen molar-refractivity contribution in [3.63, 3.8) is 0 Å². The van der Waals surface area contributed by atoms with E-state index in [1.54, 1.807) is 0 Å². The monoisotopic (exact) mass is 311 g/mol. The molecule has 1 aromatic heterocycles. The average Bonchev–Trinajstić information content (AvgIpc) is 2.12. The van der Waals surface area contributed by atoms with E-state index in [0.29, 0.717) is 0 Å². The van der Waals surface area contributed by atoms with Gasteiger partial charge in [0.1, 0.15) is 16.2 Å². The molecule has 0 saturated heterocycles. The summed E-state index contributed by atoms with van der Waals surface area (Å²) in [5.41, 5.74) is -1.72. The number of hydrogen-bond acceptors (Lipinski definition) is 5. The molecule has 0 unspecified atom stereocenters. The molecule has 0 aliphatic carbocycles. The highest BCUT2D eigenvalue weighted by molar-refractivity contribution is 9.10. The fraction of sp³-hybridized carbons (Fsp3) is 0.143. The fourth-order valence-electron chi connectivity index (χ4n) is 0.927. The van der Waals surface area contributed by atoms with Crippen LogP contribution in [-0.2, 0) is 0 Å². The van der Waals surface area contributed by atoms with Gasteiger partial charge in [-0.2, -0.15) is 5.26 Å². The van der Waals surface area contributed by atoms with Gasteiger partial charge < -0.3 is 4.74 Å². The van der Waals surface area contributed by atoms with Gasteiger partial charge in [-0.3, -0.25) is 10.1 Å². The molecule has 0 fully saturated rings. The molecule has 0 aromatic carbocycles. The van der Waals surface area contributed by atoms with E-state index in [0.717, 1.165) is 6.07 Å². The van der Waals surface area contributed by atoms with Crippen molar-refractivity contribution in [2.24, 2.45) is 0 Å². The van der Waals surface area contributed by atoms with E-state index in [2.05, 4.69) is 25.7 Å². The lowest BCUT2D eigenvalue weighted by molar-refractivity contribution is -0.389. The largest absolute Gasteiger partial charge is 0.574 e. The first-order chi connectivity index (χ1) is 7.74. The SMILES string of the molecule is N#Cc1cc(Br)nc(OC(F)(F)F)c1[N+](=O)[O-]. The number of rotatable bonds is 2. The molecule has 1 aromatic rings. The summed E-state index contributed by atoms with van der Waals surface area (Å²) in [6, 6.07) is 2.30. The van der Waals surface area contributed by atoms with Crippen molar-refractivity contribution in [2.75, 3.05) is 0 Å². The van der Waals surface area contributed by atoms with E-state index in [4.69, 9.17) is 5.26 Å². The summed E-state index contributed by atoms with van der Waals surface area (Å²) in [4.78, 5) is 12.6. The van der Waals surface area contributed by atoms with Gasteiger partial charge in [0.25, 0.3) is 0 Å². The molecule has 0 radical (unpaired) electrons. The van der Waals surface area contributed by atoms with E-state index in [1.807, 2.05) is 0 Å². The molecule has 0 amide bonds. The van der Waals surface area contributed by atoms with Gasteiger partial charge in [-0.05, 0) is 22.0 Å². The minimum absolute atomic E-state index is 0.182. The average molecular weight is 312 g/mol. The van der Waals surface area contributed by atoms with Gasteiger partial charge in [0.2, 0.25) is 0 Å². The van der Waals surface area contributed by atoms with Crippen LogP contribution in [0.25, 0.3) is 0 Å². The van der Waals surface area contributed by atoms with Crippen LogP contribution in [0.15, 0.2) is 10.7 Å². The van der Waals surface area contributed by atoms with Crippen LogP contribution in [0, 0.1) is 21.4 Å². The number of ether oxygens (including phenoxy) is 1. The zero-order chi connectivity index (χ0) is 13.2. The Labute approximate surface area is 99.9 Å². The first kappa shape index (κ1) is 13.2. The smallest absolute Gasteiger partial charge is 0.381 e. The number of pyridine rings is 1. The lowest BCUT2D eigenvalue weighted by atomic mass is 10.2. The van der Waals surface area contributed by atoms with Crippen molar-refractivity contribution in [3.8, 4) is 11.9 Å². The molecular weight excluding hydrogens is 311 g/mol. The second-order valence-corrected chi connectivity index (χ2v) is 3.38. The summed E-state index contributed by atoms with van der Waals surface area (Å²) in [5.74, 6) is -1.28. The third-order valence-corrected chi connectivity index (χ3v) is 1.85. The first-order valence-corrected chi connectivity index (χ1v) is 4.54. The van der Waals surface area contributed by atoms with Gasteiger partial charge in [0.15, 0.2) is 0 Å². The molecule has 0 spiro atoms. The van der Waals surface area contributed by atoms with Crippen molar-refractivity contribution < 1.29 is 22.8 Å². The van der Waals surface area contributed by atoms with Gasteiger partial charge in [-0.1, -0.05) is 0 Å². The highest BCUT2D eigenvalue weighted by atomic mass is 79.9. The topological polar surface area (TPSA) is 89.0 Å². The molecule has 90 valence electrons. The van der Waals surface area contributed by atoms with Crippen molar-refractivity contribution >= 4 is 21.6 Å². The minimum atomic E-state index is -5.13. The summed E-state index contributed by atoms with van der Waals surface area (Å²) in [6.45, 7) is 0. The lowest BCUT2D eigenvalue weighted by Crippen LogP contribution is -2.19. The number of nitrogens with zero attached hydrogens (tertiary/aromatic N) is 3. The Morgan fingerprint density at radius 3 is 2.59 bits per heavy atom. The van der Waals surface area contributed by atoms with Crippen LogP contribution in [0.4, 0.5) is 18.9 Å². The molecular formula is C7HBrF3N3O3. The van der Waals surface area contributed by atoms with Crippen LogP contribution in [-0.4, -0.2) is 16.3 Å². The summed E-state index contributed by atoms with van der Waals surface area (Å²) in [6.07, 6.45) is -5.13. The second-order valence-electron chi connectivity index (χ2n) is 2.56. The van der Waals surface area contributed by atoms with Gasteiger partial charge in [-0.15, -0.1) is 13.2 Å². The Kier molecular flexibility index (Phi) is 3.52. The summed E-state index contributed by atoms with van der Waals surface area (Å²) >= 11 is 2.71. The van der Waals surface area contributed by atoms with E-state index < -0.39 is 28.4 Å². The molecule has 0 saturated carbocycles. The maximum absolute atomic E-state index is 12.0. The molecule has 0 atom stereocenters. The van der Waals surface area contributed by atoms with Crippen molar-refractivity contribution in [1.29, 1.82) is 5.26 Å². The van der Waals surface area contributed by atoms with Crippen LogP contribution < -0.4 is 4.74 Å². The standard InChI is InChI=1S/C7HBrF3N3O3/c8-4-1-3(2-12)5(14(15)16)6(13-4)17-7(9,10)11/h1H. The molecule has 1 heterocycles. The van der Waals surface area contributed by atoms with Gasteiger partial charge in [0, 0.05) is 0 Å². The number of aromatic nitrogens is 1. The summed E-state index contributed by atoms with van der Waals surface area (Å²) < 4.78 is 39.1. The predicted molar refractivity (Wildman–Crippen MR) is 50.0 cm³/mol. The Bertz CT molecular complexity index is 512. The highest BCUT2D eigenvalue weighted by Crippen LogP contribution is 2.34. The second kappa shape index (κ2) is 4.54. The third kappa shape index (κ3) is 3.28. The minimum Gasteiger partial charge on any atom is -0.381 e. The quantitative estimate of drug-likeness (QED) is 0.475. The Morgan fingerprint density at radius 2 is 2.18 bits per heavy atom. The maximum atomic E-state index is 12.0. The van der Waals surface area contributed by atoms with E-state index in [-0.39, 0.29) is 4.60 Å². The van der Waals surface area contributed by atoms with Crippen LogP contribution >= 0.6 is 15.9 Å². The molecule has 10 heteroatoms. The number of hydrogen-bond donors (Lipinski definition) is 0. The number of halogens is 4. The van der Waals surface area contributed by atoms with Gasteiger partial charge in [-0.25, -0.2) is 4.98 Å². The molecule has 0 bridgehead atoms. The third-order valence-electron chi connectivity index (χ3n) is 1.44. The zero-order valence-electron chi connectivity index (χ0n) is 7.66. The van der Waals surface area contributed by atoms with E-state index in [9.17, 15) is 23.3 Å². The van der Waals surface area contributed by atoms with Crippen molar-refractivity contribution in [3.05, 3.63) is 26.3 Å².